The lowest BCUT2D eigenvalue weighted by Gasteiger charge is -2.10. The summed E-state index contributed by atoms with van der Waals surface area (Å²) in [6, 6.07) is 6.61. The Kier molecular flexibility index (Phi) is 3.34. The molecule has 2 aromatic carbocycles. The van der Waals surface area contributed by atoms with Gasteiger partial charge < -0.3 is 5.11 Å². The van der Waals surface area contributed by atoms with E-state index < -0.39 is 17.6 Å². The highest BCUT2D eigenvalue weighted by atomic mass is 19.1. The van der Waals surface area contributed by atoms with E-state index in [0.29, 0.717) is 0 Å². The van der Waals surface area contributed by atoms with Gasteiger partial charge in [0.1, 0.15) is 11.6 Å². The van der Waals surface area contributed by atoms with Gasteiger partial charge in [-0.25, -0.2) is 13.6 Å². The zero-order valence-corrected chi connectivity index (χ0v) is 10.5. The lowest BCUT2D eigenvalue weighted by atomic mass is 9.96. The van der Waals surface area contributed by atoms with Gasteiger partial charge in [0.25, 0.3) is 0 Å². The molecule has 0 bridgehead atoms. The van der Waals surface area contributed by atoms with Crippen molar-refractivity contribution in [3.05, 3.63) is 58.7 Å². The van der Waals surface area contributed by atoms with Crippen LogP contribution in [0, 0.1) is 25.5 Å². The fraction of sp³-hybridized carbons (Fsp3) is 0.133. The van der Waals surface area contributed by atoms with E-state index in [-0.39, 0.29) is 22.3 Å². The molecule has 0 aromatic heterocycles. The van der Waals surface area contributed by atoms with Crippen LogP contribution in [0.15, 0.2) is 30.3 Å². The second kappa shape index (κ2) is 4.80. The van der Waals surface area contributed by atoms with Gasteiger partial charge in [0.2, 0.25) is 0 Å². The topological polar surface area (TPSA) is 37.3 Å². The first-order chi connectivity index (χ1) is 8.90. The number of carbonyl (C=O) groups is 1. The zero-order chi connectivity index (χ0) is 14.2. The Morgan fingerprint density at radius 2 is 1.68 bits per heavy atom. The lowest BCUT2D eigenvalue weighted by Crippen LogP contribution is -2.03. The summed E-state index contributed by atoms with van der Waals surface area (Å²) in [5.41, 5.74) is 1.03. The Morgan fingerprint density at radius 3 is 2.32 bits per heavy atom. The summed E-state index contributed by atoms with van der Waals surface area (Å²) in [5, 5.41) is 9.16. The number of halogens is 2. The predicted octanol–water partition coefficient (Wildman–Crippen LogP) is 3.95. The molecular formula is C15H12F2O2. The van der Waals surface area contributed by atoms with Crippen molar-refractivity contribution in [3.8, 4) is 11.1 Å². The van der Waals surface area contributed by atoms with Gasteiger partial charge in [-0.2, -0.15) is 0 Å². The highest BCUT2D eigenvalue weighted by Crippen LogP contribution is 2.29. The summed E-state index contributed by atoms with van der Waals surface area (Å²) in [4.78, 5) is 11.2. The molecule has 0 amide bonds. The Labute approximate surface area is 109 Å². The smallest absolute Gasteiger partial charge is 0.336 e. The normalized spacial score (nSPS) is 10.5. The summed E-state index contributed by atoms with van der Waals surface area (Å²) < 4.78 is 27.4. The Bertz CT molecular complexity index is 663. The molecule has 2 nitrogen and oxygen atoms in total. The molecule has 1 N–H and O–H groups in total. The number of aromatic carboxylic acids is 1. The van der Waals surface area contributed by atoms with Crippen molar-refractivity contribution in [2.45, 2.75) is 13.8 Å². The van der Waals surface area contributed by atoms with Crippen LogP contribution in [-0.2, 0) is 0 Å². The molecule has 0 radical (unpaired) electrons. The van der Waals surface area contributed by atoms with Crippen LogP contribution in [-0.4, -0.2) is 11.1 Å². The molecule has 19 heavy (non-hydrogen) atoms. The van der Waals surface area contributed by atoms with Gasteiger partial charge in [-0.05, 0) is 43.7 Å². The molecule has 0 atom stereocenters. The predicted molar refractivity (Wildman–Crippen MR) is 68.2 cm³/mol. The van der Waals surface area contributed by atoms with Crippen LogP contribution in [0.1, 0.15) is 21.5 Å². The summed E-state index contributed by atoms with van der Waals surface area (Å²) in [6.07, 6.45) is 0. The molecular weight excluding hydrogens is 250 g/mol. The van der Waals surface area contributed by atoms with Crippen LogP contribution in [0.3, 0.4) is 0 Å². The van der Waals surface area contributed by atoms with Crippen LogP contribution in [0.25, 0.3) is 11.1 Å². The lowest BCUT2D eigenvalue weighted by molar-refractivity contribution is 0.0697. The first-order valence-electron chi connectivity index (χ1n) is 5.70. The van der Waals surface area contributed by atoms with Gasteiger partial charge in [0, 0.05) is 11.1 Å². The number of rotatable bonds is 2. The van der Waals surface area contributed by atoms with Gasteiger partial charge >= 0.3 is 5.97 Å². The van der Waals surface area contributed by atoms with Crippen LogP contribution in [0.4, 0.5) is 8.78 Å². The van der Waals surface area contributed by atoms with Crippen molar-refractivity contribution in [2.24, 2.45) is 0 Å². The zero-order valence-electron chi connectivity index (χ0n) is 10.5. The number of carboxylic acid groups (broad SMARTS) is 1. The molecule has 0 aliphatic heterocycles. The van der Waals surface area contributed by atoms with Crippen molar-refractivity contribution in [3.63, 3.8) is 0 Å². The fourth-order valence-electron chi connectivity index (χ4n) is 1.93. The van der Waals surface area contributed by atoms with Crippen molar-refractivity contribution in [2.75, 3.05) is 0 Å². The summed E-state index contributed by atoms with van der Waals surface area (Å²) in [5.74, 6) is -2.34. The maximum Gasteiger partial charge on any atom is 0.336 e. The average Bonchev–Trinajstić information content (AvgIpc) is 2.35. The van der Waals surface area contributed by atoms with E-state index in [1.807, 2.05) is 0 Å². The monoisotopic (exact) mass is 262 g/mol. The number of hydrogen-bond donors (Lipinski definition) is 1. The molecule has 0 heterocycles. The van der Waals surface area contributed by atoms with Gasteiger partial charge in [-0.15, -0.1) is 0 Å². The van der Waals surface area contributed by atoms with Crippen LogP contribution >= 0.6 is 0 Å². The van der Waals surface area contributed by atoms with Crippen molar-refractivity contribution < 1.29 is 18.7 Å². The van der Waals surface area contributed by atoms with Gasteiger partial charge in [0.05, 0.1) is 5.56 Å². The van der Waals surface area contributed by atoms with E-state index >= 15 is 0 Å². The first kappa shape index (κ1) is 13.2. The van der Waals surface area contributed by atoms with Gasteiger partial charge in [-0.3, -0.25) is 0 Å². The molecule has 0 aliphatic carbocycles. The molecule has 0 saturated carbocycles. The number of aryl methyl sites for hydroxylation is 2. The van der Waals surface area contributed by atoms with Gasteiger partial charge in [0.15, 0.2) is 0 Å². The van der Waals surface area contributed by atoms with Crippen molar-refractivity contribution >= 4 is 5.97 Å². The quantitative estimate of drug-likeness (QED) is 0.889. The minimum atomic E-state index is -1.21. The third kappa shape index (κ3) is 2.47. The number of carboxylic acids is 1. The molecule has 98 valence electrons. The van der Waals surface area contributed by atoms with E-state index in [2.05, 4.69) is 0 Å². The first-order valence-corrected chi connectivity index (χ1v) is 5.70. The highest BCUT2D eigenvalue weighted by Gasteiger charge is 2.17. The Balaban J connectivity index is 2.77. The molecule has 0 aliphatic rings. The summed E-state index contributed by atoms with van der Waals surface area (Å²) >= 11 is 0. The van der Waals surface area contributed by atoms with Crippen molar-refractivity contribution in [1.82, 2.24) is 0 Å². The van der Waals surface area contributed by atoms with Crippen LogP contribution in [0.5, 0.6) is 0 Å². The molecule has 2 rings (SSSR count). The largest absolute Gasteiger partial charge is 0.478 e. The molecule has 4 heteroatoms. The van der Waals surface area contributed by atoms with E-state index in [1.165, 1.54) is 25.1 Å². The number of hydrogen-bond acceptors (Lipinski definition) is 1. The third-order valence-corrected chi connectivity index (χ3v) is 2.94. The van der Waals surface area contributed by atoms with Crippen molar-refractivity contribution in [1.29, 1.82) is 0 Å². The molecule has 0 unspecified atom stereocenters. The average molecular weight is 262 g/mol. The van der Waals surface area contributed by atoms with E-state index in [4.69, 9.17) is 5.11 Å². The van der Waals surface area contributed by atoms with Gasteiger partial charge in [-0.1, -0.05) is 11.6 Å². The Morgan fingerprint density at radius 1 is 1.00 bits per heavy atom. The Hall–Kier alpha value is -2.23. The summed E-state index contributed by atoms with van der Waals surface area (Å²) in [7, 11) is 0. The second-order valence-corrected chi connectivity index (χ2v) is 4.44. The van der Waals surface area contributed by atoms with Crippen LogP contribution in [0.2, 0.25) is 0 Å². The SMILES string of the molecule is Cc1ccc(F)c(-c2cc(F)c(C)cc2C(=O)O)c1. The highest BCUT2D eigenvalue weighted by molar-refractivity contribution is 5.96. The number of benzene rings is 2. The summed E-state index contributed by atoms with van der Waals surface area (Å²) in [6.45, 7) is 3.23. The van der Waals surface area contributed by atoms with E-state index in [0.717, 1.165) is 11.6 Å². The fourth-order valence-corrected chi connectivity index (χ4v) is 1.93. The molecule has 0 saturated heterocycles. The molecule has 0 fully saturated rings. The minimum absolute atomic E-state index is 0.0526. The maximum absolute atomic E-state index is 13.8. The second-order valence-electron chi connectivity index (χ2n) is 4.44. The van der Waals surface area contributed by atoms with Crippen LogP contribution < -0.4 is 0 Å². The third-order valence-electron chi connectivity index (χ3n) is 2.94. The molecule has 0 spiro atoms. The molecule has 2 aromatic rings. The van der Waals surface area contributed by atoms with E-state index in [1.54, 1.807) is 13.0 Å². The maximum atomic E-state index is 13.8. The minimum Gasteiger partial charge on any atom is -0.478 e. The van der Waals surface area contributed by atoms with E-state index in [9.17, 15) is 13.6 Å². The standard InChI is InChI=1S/C15H12F2O2/c1-8-3-4-13(16)11(5-8)10-7-14(17)9(2)6-12(10)15(18)19/h3-7H,1-2H3,(H,18,19).